The first-order chi connectivity index (χ1) is 9.54. The van der Waals surface area contributed by atoms with E-state index in [1.165, 1.54) is 4.90 Å². The molecule has 2 amide bonds. The maximum atomic E-state index is 12.0. The molecule has 0 atom stereocenters. The molecule has 1 aliphatic heterocycles. The number of carbonyl (C=O) groups excluding carboxylic acids is 2. The molecule has 2 rings (SSSR count). The van der Waals surface area contributed by atoms with Crippen molar-refractivity contribution in [3.63, 3.8) is 0 Å². The number of hydrogen-bond acceptors (Lipinski definition) is 4. The van der Waals surface area contributed by atoms with Gasteiger partial charge in [0.2, 0.25) is 11.8 Å². The van der Waals surface area contributed by atoms with E-state index in [1.54, 1.807) is 4.90 Å². The summed E-state index contributed by atoms with van der Waals surface area (Å²) in [5.41, 5.74) is 3.14. The average Bonchev–Trinajstić information content (AvgIpc) is 2.41. The van der Waals surface area contributed by atoms with Crippen molar-refractivity contribution >= 4 is 17.5 Å². The van der Waals surface area contributed by atoms with E-state index in [4.69, 9.17) is 5.26 Å². The largest absolute Gasteiger partial charge is 0.353 e. The van der Waals surface area contributed by atoms with Crippen LogP contribution in [0.2, 0.25) is 0 Å². The molecule has 1 aromatic carbocycles. The van der Waals surface area contributed by atoms with Crippen LogP contribution in [0.4, 0.5) is 5.69 Å². The van der Waals surface area contributed by atoms with E-state index in [0.717, 1.165) is 16.8 Å². The first kappa shape index (κ1) is 14.1. The van der Waals surface area contributed by atoms with Crippen LogP contribution in [0.15, 0.2) is 18.2 Å². The van der Waals surface area contributed by atoms with E-state index in [-0.39, 0.29) is 37.9 Å². The molecule has 104 valence electrons. The molecule has 0 unspecified atom stereocenters. The summed E-state index contributed by atoms with van der Waals surface area (Å²) in [5, 5.41) is 8.56. The van der Waals surface area contributed by atoms with Crippen molar-refractivity contribution < 1.29 is 9.59 Å². The maximum absolute atomic E-state index is 12.0. The van der Waals surface area contributed by atoms with Crippen LogP contribution < -0.4 is 4.90 Å². The second kappa shape index (κ2) is 5.74. The number of benzene rings is 1. The highest BCUT2D eigenvalue weighted by molar-refractivity contribution is 6.02. The lowest BCUT2D eigenvalue weighted by Crippen LogP contribution is -2.54. The summed E-state index contributed by atoms with van der Waals surface area (Å²) >= 11 is 0. The van der Waals surface area contributed by atoms with E-state index in [9.17, 15) is 9.59 Å². The molecule has 5 heteroatoms. The first-order valence-electron chi connectivity index (χ1n) is 6.56. The molecule has 1 heterocycles. The number of aryl methyl sites for hydroxylation is 1. The molecular formula is C15H17N3O2. The zero-order valence-corrected chi connectivity index (χ0v) is 11.7. The molecule has 0 spiro atoms. The summed E-state index contributed by atoms with van der Waals surface area (Å²) < 4.78 is 0. The van der Waals surface area contributed by atoms with Crippen molar-refractivity contribution in [2.45, 2.75) is 20.3 Å². The molecule has 0 aromatic heterocycles. The van der Waals surface area contributed by atoms with Gasteiger partial charge in [0.25, 0.3) is 0 Å². The minimum atomic E-state index is -0.239. The molecule has 5 nitrogen and oxygen atoms in total. The van der Waals surface area contributed by atoms with E-state index >= 15 is 0 Å². The van der Waals surface area contributed by atoms with Crippen LogP contribution in [-0.4, -0.2) is 36.3 Å². The van der Waals surface area contributed by atoms with Gasteiger partial charge in [0.1, 0.15) is 0 Å². The SMILES string of the molecule is Cc1cccc(N2CC(=O)N(CCC#N)C(=O)C2)c1C. The summed E-state index contributed by atoms with van der Waals surface area (Å²) in [6.45, 7) is 4.55. The van der Waals surface area contributed by atoms with Crippen molar-refractivity contribution in [2.24, 2.45) is 0 Å². The summed E-state index contributed by atoms with van der Waals surface area (Å²) in [7, 11) is 0. The molecule has 0 saturated carbocycles. The van der Waals surface area contributed by atoms with Crippen LogP contribution >= 0.6 is 0 Å². The lowest BCUT2D eigenvalue weighted by Gasteiger charge is -2.34. The fraction of sp³-hybridized carbons (Fsp3) is 0.400. The van der Waals surface area contributed by atoms with Crippen LogP contribution in [0, 0.1) is 25.2 Å². The number of anilines is 1. The average molecular weight is 271 g/mol. The van der Waals surface area contributed by atoms with E-state index < -0.39 is 0 Å². The van der Waals surface area contributed by atoms with Gasteiger partial charge in [0.15, 0.2) is 0 Å². The topological polar surface area (TPSA) is 64.4 Å². The van der Waals surface area contributed by atoms with Crippen molar-refractivity contribution in [1.82, 2.24) is 4.90 Å². The highest BCUT2D eigenvalue weighted by Gasteiger charge is 2.31. The Balaban J connectivity index is 2.19. The van der Waals surface area contributed by atoms with Gasteiger partial charge in [-0.25, -0.2) is 0 Å². The van der Waals surface area contributed by atoms with Crippen molar-refractivity contribution in [3.05, 3.63) is 29.3 Å². The Morgan fingerprint density at radius 3 is 2.45 bits per heavy atom. The van der Waals surface area contributed by atoms with Gasteiger partial charge in [-0.2, -0.15) is 5.26 Å². The maximum Gasteiger partial charge on any atom is 0.248 e. The number of carbonyl (C=O) groups is 2. The van der Waals surface area contributed by atoms with Crippen LogP contribution in [0.25, 0.3) is 0 Å². The predicted molar refractivity (Wildman–Crippen MR) is 75.1 cm³/mol. The minimum absolute atomic E-state index is 0.182. The number of amides is 2. The van der Waals surface area contributed by atoms with Gasteiger partial charge in [-0.15, -0.1) is 0 Å². The Morgan fingerprint density at radius 1 is 1.20 bits per heavy atom. The van der Waals surface area contributed by atoms with Crippen molar-refractivity contribution in [1.29, 1.82) is 5.26 Å². The van der Waals surface area contributed by atoms with E-state index in [1.807, 2.05) is 38.1 Å². The third-order valence-corrected chi connectivity index (χ3v) is 3.62. The van der Waals surface area contributed by atoms with Crippen molar-refractivity contribution in [3.8, 4) is 6.07 Å². The predicted octanol–water partition coefficient (Wildman–Crippen LogP) is 1.39. The smallest absolute Gasteiger partial charge is 0.248 e. The molecule has 1 aliphatic rings. The Labute approximate surface area is 118 Å². The molecule has 1 saturated heterocycles. The van der Waals surface area contributed by atoms with Gasteiger partial charge in [-0.3, -0.25) is 14.5 Å². The van der Waals surface area contributed by atoms with Gasteiger partial charge >= 0.3 is 0 Å². The molecule has 20 heavy (non-hydrogen) atoms. The summed E-state index contributed by atoms with van der Waals surface area (Å²) in [4.78, 5) is 27.1. The van der Waals surface area contributed by atoms with Gasteiger partial charge < -0.3 is 4.90 Å². The van der Waals surface area contributed by atoms with Gasteiger partial charge in [-0.05, 0) is 31.0 Å². The second-order valence-corrected chi connectivity index (χ2v) is 4.92. The summed E-state index contributed by atoms with van der Waals surface area (Å²) in [6.07, 6.45) is 0.182. The van der Waals surface area contributed by atoms with Gasteiger partial charge in [-0.1, -0.05) is 12.1 Å². The molecule has 1 fully saturated rings. The molecule has 1 aromatic rings. The number of nitriles is 1. The monoisotopic (exact) mass is 271 g/mol. The number of imide groups is 1. The second-order valence-electron chi connectivity index (χ2n) is 4.92. The van der Waals surface area contributed by atoms with Crippen LogP contribution in [0.1, 0.15) is 17.5 Å². The Hall–Kier alpha value is -2.35. The number of hydrogen-bond donors (Lipinski definition) is 0. The van der Waals surface area contributed by atoms with Crippen LogP contribution in [0.5, 0.6) is 0 Å². The molecule has 0 N–H and O–H groups in total. The summed E-state index contributed by atoms with van der Waals surface area (Å²) in [5.74, 6) is -0.477. The lowest BCUT2D eigenvalue weighted by molar-refractivity contribution is -0.145. The van der Waals surface area contributed by atoms with E-state index in [0.29, 0.717) is 0 Å². The third kappa shape index (κ3) is 2.64. The quantitative estimate of drug-likeness (QED) is 0.779. The number of rotatable bonds is 3. The van der Waals surface area contributed by atoms with Gasteiger partial charge in [0, 0.05) is 12.2 Å². The number of nitrogens with zero attached hydrogens (tertiary/aromatic N) is 3. The Bertz CT molecular complexity index is 571. The standard InChI is InChI=1S/C15H17N3O2/c1-11-5-3-6-13(12(11)2)17-9-14(19)18(8-4-7-16)15(20)10-17/h3,5-6H,4,8-10H2,1-2H3. The third-order valence-electron chi connectivity index (χ3n) is 3.62. The van der Waals surface area contributed by atoms with Gasteiger partial charge in [0.05, 0.1) is 25.6 Å². The van der Waals surface area contributed by atoms with E-state index in [2.05, 4.69) is 0 Å². The fourth-order valence-corrected chi connectivity index (χ4v) is 2.35. The molecule has 0 radical (unpaired) electrons. The zero-order chi connectivity index (χ0) is 14.7. The molecule has 0 aliphatic carbocycles. The highest BCUT2D eigenvalue weighted by Crippen LogP contribution is 2.24. The highest BCUT2D eigenvalue weighted by atomic mass is 16.2. The van der Waals surface area contributed by atoms with Crippen molar-refractivity contribution in [2.75, 3.05) is 24.5 Å². The zero-order valence-electron chi connectivity index (χ0n) is 11.7. The number of piperazine rings is 1. The fourth-order valence-electron chi connectivity index (χ4n) is 2.35. The minimum Gasteiger partial charge on any atom is -0.353 e. The van der Waals surface area contributed by atoms with Crippen LogP contribution in [-0.2, 0) is 9.59 Å². The Morgan fingerprint density at radius 2 is 1.85 bits per heavy atom. The Kier molecular flexibility index (Phi) is 4.04. The normalized spacial score (nSPS) is 15.4. The first-order valence-corrected chi connectivity index (χ1v) is 6.56. The molecule has 0 bridgehead atoms. The lowest BCUT2D eigenvalue weighted by atomic mass is 10.1. The molecular weight excluding hydrogens is 254 g/mol. The summed E-state index contributed by atoms with van der Waals surface area (Å²) in [6, 6.07) is 7.81. The van der Waals surface area contributed by atoms with Crippen LogP contribution in [0.3, 0.4) is 0 Å².